The van der Waals surface area contributed by atoms with Crippen molar-refractivity contribution in [2.45, 2.75) is 6.42 Å². The Morgan fingerprint density at radius 3 is 2.67 bits per heavy atom. The van der Waals surface area contributed by atoms with Crippen LogP contribution in [0.1, 0.15) is 5.56 Å². The van der Waals surface area contributed by atoms with E-state index < -0.39 is 15.8 Å². The highest BCUT2D eigenvalue weighted by Gasteiger charge is 2.21. The van der Waals surface area contributed by atoms with Gasteiger partial charge in [0, 0.05) is 12.6 Å². The summed E-state index contributed by atoms with van der Waals surface area (Å²) in [5, 5.41) is 2.62. The highest BCUT2D eigenvalue weighted by molar-refractivity contribution is 7.92. The maximum atomic E-state index is 13.6. The molecule has 144 valence electrons. The zero-order valence-corrected chi connectivity index (χ0v) is 15.5. The Morgan fingerprint density at radius 1 is 1.19 bits per heavy atom. The number of benzene rings is 2. The van der Waals surface area contributed by atoms with Gasteiger partial charge in [-0.05, 0) is 23.8 Å². The standard InChI is InChI=1S/C18H19FN2O5S/c1-27(23,24)21(14-6-7-16-17(11-14)26-12-25-16)9-8-20-18(22)10-13-4-2-3-5-15(13)19/h2-7,11H,8-10,12H2,1H3,(H,20,22). The van der Waals surface area contributed by atoms with Crippen molar-refractivity contribution in [3.05, 3.63) is 53.8 Å². The van der Waals surface area contributed by atoms with Gasteiger partial charge in [-0.25, -0.2) is 12.8 Å². The van der Waals surface area contributed by atoms with Crippen molar-refractivity contribution in [1.82, 2.24) is 5.32 Å². The van der Waals surface area contributed by atoms with Crippen LogP contribution in [0.25, 0.3) is 0 Å². The van der Waals surface area contributed by atoms with Gasteiger partial charge >= 0.3 is 0 Å². The molecule has 27 heavy (non-hydrogen) atoms. The van der Waals surface area contributed by atoms with Gasteiger partial charge in [0.05, 0.1) is 24.9 Å². The van der Waals surface area contributed by atoms with Gasteiger partial charge < -0.3 is 14.8 Å². The Bertz CT molecular complexity index is 949. The number of carbonyl (C=O) groups is 1. The van der Waals surface area contributed by atoms with E-state index in [4.69, 9.17) is 9.47 Å². The van der Waals surface area contributed by atoms with E-state index in [1.807, 2.05) is 0 Å². The summed E-state index contributed by atoms with van der Waals surface area (Å²) in [6, 6.07) is 10.8. The maximum Gasteiger partial charge on any atom is 0.232 e. The van der Waals surface area contributed by atoms with Crippen molar-refractivity contribution in [3.63, 3.8) is 0 Å². The average Bonchev–Trinajstić information content (AvgIpc) is 3.07. The first kappa shape index (κ1) is 19.0. The van der Waals surface area contributed by atoms with Crippen molar-refractivity contribution in [1.29, 1.82) is 0 Å². The van der Waals surface area contributed by atoms with Crippen LogP contribution in [0.2, 0.25) is 0 Å². The second kappa shape index (κ2) is 7.83. The fourth-order valence-electron chi connectivity index (χ4n) is 2.70. The van der Waals surface area contributed by atoms with Crippen LogP contribution in [0.3, 0.4) is 0 Å². The SMILES string of the molecule is CS(=O)(=O)N(CCNC(=O)Cc1ccccc1F)c1ccc2c(c1)OCO2. The molecular weight excluding hydrogens is 375 g/mol. The summed E-state index contributed by atoms with van der Waals surface area (Å²) in [5.74, 6) is 0.167. The smallest absolute Gasteiger partial charge is 0.232 e. The van der Waals surface area contributed by atoms with E-state index in [9.17, 15) is 17.6 Å². The van der Waals surface area contributed by atoms with E-state index in [-0.39, 0.29) is 37.8 Å². The molecule has 1 amide bonds. The Labute approximate surface area is 156 Å². The average molecular weight is 394 g/mol. The Hall–Kier alpha value is -2.81. The normalized spacial score (nSPS) is 12.7. The van der Waals surface area contributed by atoms with E-state index >= 15 is 0 Å². The van der Waals surface area contributed by atoms with Crippen LogP contribution in [0, 0.1) is 5.82 Å². The van der Waals surface area contributed by atoms with Crippen molar-refractivity contribution in [2.75, 3.05) is 30.4 Å². The molecule has 0 atom stereocenters. The van der Waals surface area contributed by atoms with E-state index in [0.717, 1.165) is 6.26 Å². The predicted molar refractivity (Wildman–Crippen MR) is 97.9 cm³/mol. The van der Waals surface area contributed by atoms with Crippen LogP contribution in [-0.2, 0) is 21.2 Å². The molecule has 1 heterocycles. The largest absolute Gasteiger partial charge is 0.454 e. The molecule has 7 nitrogen and oxygen atoms in total. The molecule has 0 saturated carbocycles. The number of nitrogens with one attached hydrogen (secondary N) is 1. The summed E-state index contributed by atoms with van der Waals surface area (Å²) < 4.78 is 49.5. The first-order valence-electron chi connectivity index (χ1n) is 8.22. The molecule has 0 radical (unpaired) electrons. The monoisotopic (exact) mass is 394 g/mol. The third kappa shape index (κ3) is 4.68. The fraction of sp³-hybridized carbons (Fsp3) is 0.278. The number of anilines is 1. The van der Waals surface area contributed by atoms with Gasteiger partial charge in [0.15, 0.2) is 11.5 Å². The summed E-state index contributed by atoms with van der Waals surface area (Å²) in [5.41, 5.74) is 0.691. The van der Waals surface area contributed by atoms with Crippen LogP contribution in [0.15, 0.2) is 42.5 Å². The minimum atomic E-state index is -3.57. The topological polar surface area (TPSA) is 84.9 Å². The molecule has 0 spiro atoms. The molecule has 2 aromatic carbocycles. The molecular formula is C18H19FN2O5S. The molecule has 0 bridgehead atoms. The van der Waals surface area contributed by atoms with Gasteiger partial charge in [0.1, 0.15) is 5.82 Å². The number of nitrogens with zero attached hydrogens (tertiary/aromatic N) is 1. The lowest BCUT2D eigenvalue weighted by atomic mass is 10.1. The summed E-state index contributed by atoms with van der Waals surface area (Å²) in [4.78, 5) is 12.0. The first-order valence-corrected chi connectivity index (χ1v) is 10.1. The number of sulfonamides is 1. The molecule has 0 unspecified atom stereocenters. The Morgan fingerprint density at radius 2 is 1.93 bits per heavy atom. The number of fused-ring (bicyclic) bond motifs is 1. The molecule has 1 aliphatic rings. The third-order valence-corrected chi connectivity index (χ3v) is 5.18. The van der Waals surface area contributed by atoms with E-state index in [1.54, 1.807) is 30.3 Å². The molecule has 3 rings (SSSR count). The summed E-state index contributed by atoms with van der Waals surface area (Å²) >= 11 is 0. The Kier molecular flexibility index (Phi) is 5.50. The molecule has 0 saturated heterocycles. The van der Waals surface area contributed by atoms with Gasteiger partial charge in [-0.15, -0.1) is 0 Å². The van der Waals surface area contributed by atoms with Crippen molar-refractivity contribution >= 4 is 21.6 Å². The van der Waals surface area contributed by atoms with Crippen molar-refractivity contribution in [3.8, 4) is 11.5 Å². The van der Waals surface area contributed by atoms with Gasteiger partial charge in [0.2, 0.25) is 22.7 Å². The van der Waals surface area contributed by atoms with Gasteiger partial charge in [0.25, 0.3) is 0 Å². The molecule has 0 fully saturated rings. The van der Waals surface area contributed by atoms with Crippen LogP contribution < -0.4 is 19.1 Å². The molecule has 1 N–H and O–H groups in total. The second-order valence-corrected chi connectivity index (χ2v) is 7.90. The number of halogens is 1. The molecule has 0 aliphatic carbocycles. The van der Waals surface area contributed by atoms with Crippen LogP contribution in [0.4, 0.5) is 10.1 Å². The lowest BCUT2D eigenvalue weighted by molar-refractivity contribution is -0.120. The molecule has 9 heteroatoms. The van der Waals surface area contributed by atoms with Crippen LogP contribution >= 0.6 is 0 Å². The second-order valence-electron chi connectivity index (χ2n) is 5.99. The summed E-state index contributed by atoms with van der Waals surface area (Å²) in [7, 11) is -3.57. The van der Waals surface area contributed by atoms with Crippen molar-refractivity contribution in [2.24, 2.45) is 0 Å². The minimum absolute atomic E-state index is 0.0293. The number of carbonyl (C=O) groups excluding carboxylic acids is 1. The minimum Gasteiger partial charge on any atom is -0.454 e. The number of amides is 1. The fourth-order valence-corrected chi connectivity index (χ4v) is 3.62. The van der Waals surface area contributed by atoms with Gasteiger partial charge in [-0.3, -0.25) is 9.10 Å². The lowest BCUT2D eigenvalue weighted by Gasteiger charge is -2.22. The maximum absolute atomic E-state index is 13.6. The quantitative estimate of drug-likeness (QED) is 0.772. The summed E-state index contributed by atoms with van der Waals surface area (Å²) in [6.07, 6.45) is 0.967. The lowest BCUT2D eigenvalue weighted by Crippen LogP contribution is -2.38. The highest BCUT2D eigenvalue weighted by Crippen LogP contribution is 2.35. The third-order valence-electron chi connectivity index (χ3n) is 3.99. The zero-order valence-electron chi connectivity index (χ0n) is 14.6. The zero-order chi connectivity index (χ0) is 19.4. The molecule has 0 aromatic heterocycles. The van der Waals surface area contributed by atoms with Gasteiger partial charge in [-0.2, -0.15) is 0 Å². The summed E-state index contributed by atoms with van der Waals surface area (Å²) in [6.45, 7) is 0.194. The van der Waals surface area contributed by atoms with E-state index in [0.29, 0.717) is 17.2 Å². The van der Waals surface area contributed by atoms with Crippen LogP contribution in [0.5, 0.6) is 11.5 Å². The number of rotatable bonds is 7. The van der Waals surface area contributed by atoms with Gasteiger partial charge in [-0.1, -0.05) is 18.2 Å². The van der Waals surface area contributed by atoms with E-state index in [1.165, 1.54) is 16.4 Å². The van der Waals surface area contributed by atoms with Crippen molar-refractivity contribution < 1.29 is 27.1 Å². The molecule has 1 aliphatic heterocycles. The number of ether oxygens (including phenoxy) is 2. The highest BCUT2D eigenvalue weighted by atomic mass is 32.2. The first-order chi connectivity index (χ1) is 12.8. The van der Waals surface area contributed by atoms with E-state index in [2.05, 4.69) is 5.32 Å². The van der Waals surface area contributed by atoms with Crippen LogP contribution in [-0.4, -0.2) is 40.5 Å². The number of hydrogen-bond acceptors (Lipinski definition) is 5. The predicted octanol–water partition coefficient (Wildman–Crippen LogP) is 1.68. The Balaban J connectivity index is 1.63. The molecule has 2 aromatic rings. The number of hydrogen-bond donors (Lipinski definition) is 1.